The lowest BCUT2D eigenvalue weighted by atomic mass is 9.95. The van der Waals surface area contributed by atoms with Crippen LogP contribution in [0.1, 0.15) is 46.5 Å². The second kappa shape index (κ2) is 4.92. The Kier molecular flexibility index (Phi) is 4.11. The number of carbonyl (C=O) groups excluding carboxylic acids is 1. The molecular formula is C12H22O2. The van der Waals surface area contributed by atoms with Crippen molar-refractivity contribution in [2.75, 3.05) is 13.2 Å². The summed E-state index contributed by atoms with van der Waals surface area (Å²) < 4.78 is 5.55. The molecular weight excluding hydrogens is 176 g/mol. The molecule has 0 aliphatic heterocycles. The third-order valence-corrected chi connectivity index (χ3v) is 2.81. The highest BCUT2D eigenvalue weighted by atomic mass is 16.5. The Morgan fingerprint density at radius 3 is 2.50 bits per heavy atom. The molecule has 0 N–H and O–H groups in total. The Labute approximate surface area is 87.0 Å². The molecule has 2 heteroatoms. The summed E-state index contributed by atoms with van der Waals surface area (Å²) in [6.45, 7) is 7.60. The van der Waals surface area contributed by atoms with Crippen LogP contribution in [0.2, 0.25) is 0 Å². The molecule has 0 aromatic rings. The molecule has 2 nitrogen and oxygen atoms in total. The first-order chi connectivity index (χ1) is 6.54. The van der Waals surface area contributed by atoms with Crippen molar-refractivity contribution in [1.82, 2.24) is 0 Å². The van der Waals surface area contributed by atoms with Gasteiger partial charge in [0.05, 0.1) is 13.2 Å². The van der Waals surface area contributed by atoms with E-state index < -0.39 is 0 Å². The molecule has 1 aliphatic carbocycles. The fraction of sp³-hybridized carbons (Fsp3) is 0.917. The standard InChI is InChI=1S/C12H22O2/c1-10(2)8-12(5-6-12)9-14-7-4-11(3)13/h10H,4-9H2,1-3H3. The van der Waals surface area contributed by atoms with Crippen LogP contribution >= 0.6 is 0 Å². The number of carbonyl (C=O) groups is 1. The van der Waals surface area contributed by atoms with E-state index in [0.717, 1.165) is 12.5 Å². The van der Waals surface area contributed by atoms with Gasteiger partial charge in [-0.25, -0.2) is 0 Å². The number of ether oxygens (including phenoxy) is 1. The topological polar surface area (TPSA) is 26.3 Å². The third kappa shape index (κ3) is 4.23. The van der Waals surface area contributed by atoms with Crippen LogP contribution in [0, 0.1) is 11.3 Å². The number of hydrogen-bond donors (Lipinski definition) is 0. The van der Waals surface area contributed by atoms with Crippen molar-refractivity contribution >= 4 is 5.78 Å². The van der Waals surface area contributed by atoms with Crippen molar-refractivity contribution < 1.29 is 9.53 Å². The molecule has 1 fully saturated rings. The van der Waals surface area contributed by atoms with Crippen LogP contribution in [-0.2, 0) is 9.53 Å². The van der Waals surface area contributed by atoms with Crippen LogP contribution in [0.4, 0.5) is 0 Å². The van der Waals surface area contributed by atoms with Crippen molar-refractivity contribution in [2.24, 2.45) is 11.3 Å². The Bertz CT molecular complexity index is 192. The minimum atomic E-state index is 0.221. The average molecular weight is 198 g/mol. The molecule has 14 heavy (non-hydrogen) atoms. The van der Waals surface area contributed by atoms with E-state index in [2.05, 4.69) is 13.8 Å². The number of Topliss-reactive ketones (excluding diaryl/α,β-unsaturated/α-hetero) is 1. The van der Waals surface area contributed by atoms with Gasteiger partial charge in [-0.3, -0.25) is 4.79 Å². The quantitative estimate of drug-likeness (QED) is 0.588. The van der Waals surface area contributed by atoms with Crippen LogP contribution in [0.25, 0.3) is 0 Å². The summed E-state index contributed by atoms with van der Waals surface area (Å²) >= 11 is 0. The highest BCUT2D eigenvalue weighted by Crippen LogP contribution is 2.50. The van der Waals surface area contributed by atoms with Crippen LogP contribution in [0.15, 0.2) is 0 Å². The van der Waals surface area contributed by atoms with Gasteiger partial charge in [-0.15, -0.1) is 0 Å². The molecule has 1 rings (SSSR count). The fourth-order valence-corrected chi connectivity index (χ4v) is 1.95. The minimum absolute atomic E-state index is 0.221. The van der Waals surface area contributed by atoms with E-state index >= 15 is 0 Å². The molecule has 0 heterocycles. The Balaban J connectivity index is 2.08. The Hall–Kier alpha value is -0.370. The highest BCUT2D eigenvalue weighted by Gasteiger charge is 2.42. The predicted molar refractivity (Wildman–Crippen MR) is 57.2 cm³/mol. The van der Waals surface area contributed by atoms with Gasteiger partial charge in [0.25, 0.3) is 0 Å². The van der Waals surface area contributed by atoms with Crippen molar-refractivity contribution in [3.05, 3.63) is 0 Å². The molecule has 82 valence electrons. The summed E-state index contributed by atoms with van der Waals surface area (Å²) in [4.78, 5) is 10.7. The SMILES string of the molecule is CC(=O)CCOCC1(CC(C)C)CC1. The zero-order valence-electron chi connectivity index (χ0n) is 9.64. The number of ketones is 1. The van der Waals surface area contributed by atoms with Crippen LogP contribution in [-0.4, -0.2) is 19.0 Å². The largest absolute Gasteiger partial charge is 0.380 e. The smallest absolute Gasteiger partial charge is 0.132 e. The van der Waals surface area contributed by atoms with E-state index in [1.165, 1.54) is 19.3 Å². The Morgan fingerprint density at radius 2 is 2.07 bits per heavy atom. The average Bonchev–Trinajstić information content (AvgIpc) is 2.78. The van der Waals surface area contributed by atoms with Gasteiger partial charge < -0.3 is 4.74 Å². The predicted octanol–water partition coefficient (Wildman–Crippen LogP) is 2.81. The highest BCUT2D eigenvalue weighted by molar-refractivity contribution is 5.75. The van der Waals surface area contributed by atoms with Crippen molar-refractivity contribution in [1.29, 1.82) is 0 Å². The first-order valence-corrected chi connectivity index (χ1v) is 5.61. The molecule has 0 aromatic carbocycles. The molecule has 0 radical (unpaired) electrons. The van der Waals surface area contributed by atoms with Crippen molar-refractivity contribution in [3.63, 3.8) is 0 Å². The molecule has 0 atom stereocenters. The molecule has 0 saturated heterocycles. The van der Waals surface area contributed by atoms with Crippen molar-refractivity contribution in [2.45, 2.75) is 46.5 Å². The van der Waals surface area contributed by atoms with E-state index in [4.69, 9.17) is 4.74 Å². The van der Waals surface area contributed by atoms with E-state index in [1.807, 2.05) is 0 Å². The lowest BCUT2D eigenvalue weighted by Crippen LogP contribution is -2.14. The second-order valence-corrected chi connectivity index (χ2v) is 5.10. The molecule has 0 bridgehead atoms. The normalized spacial score (nSPS) is 18.6. The first kappa shape index (κ1) is 11.7. The van der Waals surface area contributed by atoms with Crippen LogP contribution in [0.3, 0.4) is 0 Å². The van der Waals surface area contributed by atoms with E-state index in [9.17, 15) is 4.79 Å². The zero-order valence-corrected chi connectivity index (χ0v) is 9.64. The maximum absolute atomic E-state index is 10.7. The van der Waals surface area contributed by atoms with Gasteiger partial charge in [0.2, 0.25) is 0 Å². The van der Waals surface area contributed by atoms with Gasteiger partial charge in [0.1, 0.15) is 5.78 Å². The van der Waals surface area contributed by atoms with Gasteiger partial charge in [-0.2, -0.15) is 0 Å². The third-order valence-electron chi connectivity index (χ3n) is 2.81. The van der Waals surface area contributed by atoms with E-state index in [0.29, 0.717) is 18.4 Å². The van der Waals surface area contributed by atoms with E-state index in [-0.39, 0.29) is 5.78 Å². The lowest BCUT2D eigenvalue weighted by Gasteiger charge is -2.17. The lowest BCUT2D eigenvalue weighted by molar-refractivity contribution is -0.118. The maximum Gasteiger partial charge on any atom is 0.132 e. The van der Waals surface area contributed by atoms with Gasteiger partial charge in [-0.05, 0) is 37.5 Å². The summed E-state index contributed by atoms with van der Waals surface area (Å²) in [6.07, 6.45) is 4.46. The summed E-state index contributed by atoms with van der Waals surface area (Å²) in [5.74, 6) is 0.979. The van der Waals surface area contributed by atoms with Crippen molar-refractivity contribution in [3.8, 4) is 0 Å². The van der Waals surface area contributed by atoms with Gasteiger partial charge >= 0.3 is 0 Å². The molecule has 0 unspecified atom stereocenters. The zero-order chi connectivity index (χ0) is 10.6. The maximum atomic E-state index is 10.7. The second-order valence-electron chi connectivity index (χ2n) is 5.10. The monoisotopic (exact) mass is 198 g/mol. The Morgan fingerprint density at radius 1 is 1.43 bits per heavy atom. The van der Waals surface area contributed by atoms with E-state index in [1.54, 1.807) is 6.92 Å². The van der Waals surface area contributed by atoms with Gasteiger partial charge in [0.15, 0.2) is 0 Å². The van der Waals surface area contributed by atoms with Crippen LogP contribution in [0.5, 0.6) is 0 Å². The number of rotatable bonds is 7. The van der Waals surface area contributed by atoms with Gasteiger partial charge in [0, 0.05) is 6.42 Å². The summed E-state index contributed by atoms with van der Waals surface area (Å²) in [7, 11) is 0. The summed E-state index contributed by atoms with van der Waals surface area (Å²) in [5, 5.41) is 0. The molecule has 0 amide bonds. The molecule has 0 spiro atoms. The summed E-state index contributed by atoms with van der Waals surface area (Å²) in [5.41, 5.74) is 0.477. The van der Waals surface area contributed by atoms with Crippen LogP contribution < -0.4 is 0 Å². The number of hydrogen-bond acceptors (Lipinski definition) is 2. The molecule has 1 saturated carbocycles. The fourth-order valence-electron chi connectivity index (χ4n) is 1.95. The minimum Gasteiger partial charge on any atom is -0.380 e. The first-order valence-electron chi connectivity index (χ1n) is 5.61. The summed E-state index contributed by atoms with van der Waals surface area (Å²) in [6, 6.07) is 0. The molecule has 1 aliphatic rings. The van der Waals surface area contributed by atoms with Gasteiger partial charge in [-0.1, -0.05) is 13.8 Å². The molecule has 0 aromatic heterocycles.